The topological polar surface area (TPSA) is 48.9 Å². The summed E-state index contributed by atoms with van der Waals surface area (Å²) in [6.07, 6.45) is 4.81. The number of likely N-dealkylation sites (tertiary alicyclic amines) is 1. The number of carbonyl (C=O) groups excluding carboxylic acids is 1. The zero-order chi connectivity index (χ0) is 21.6. The lowest BCUT2D eigenvalue weighted by Crippen LogP contribution is -2.43. The first-order chi connectivity index (χ1) is 15.1. The minimum absolute atomic E-state index is 0.0712. The van der Waals surface area contributed by atoms with Crippen LogP contribution in [0.4, 0.5) is 0 Å². The van der Waals surface area contributed by atoms with Crippen molar-refractivity contribution in [1.29, 1.82) is 0 Å². The van der Waals surface area contributed by atoms with E-state index in [1.54, 1.807) is 25.4 Å². The van der Waals surface area contributed by atoms with Gasteiger partial charge in [-0.1, -0.05) is 24.3 Å². The first-order valence-electron chi connectivity index (χ1n) is 11.4. The minimum Gasteiger partial charge on any atom is -0.481 e. The zero-order valence-electron chi connectivity index (χ0n) is 18.8. The summed E-state index contributed by atoms with van der Waals surface area (Å²) in [6.45, 7) is 7.32. The molecule has 2 saturated heterocycles. The van der Waals surface area contributed by atoms with Crippen molar-refractivity contribution >= 4 is 5.91 Å². The van der Waals surface area contributed by atoms with E-state index in [1.807, 2.05) is 4.90 Å². The van der Waals surface area contributed by atoms with E-state index in [9.17, 15) is 4.79 Å². The second-order valence-corrected chi connectivity index (χ2v) is 8.92. The Labute approximate surface area is 185 Å². The Kier molecular flexibility index (Phi) is 7.20. The molecular formula is C25H34N4O2. The number of likely N-dealkylation sites (N-methyl/N-ethyl adjacent to an activating group) is 1. The summed E-state index contributed by atoms with van der Waals surface area (Å²) in [5.74, 6) is 1.24. The highest BCUT2D eigenvalue weighted by molar-refractivity contribution is 5.94. The van der Waals surface area contributed by atoms with Gasteiger partial charge in [0.15, 0.2) is 0 Å². The van der Waals surface area contributed by atoms with Crippen LogP contribution in [0.15, 0.2) is 42.6 Å². The number of hydrogen-bond donors (Lipinski definition) is 0. The Morgan fingerprint density at radius 2 is 1.65 bits per heavy atom. The molecule has 0 bridgehead atoms. The number of carbonyl (C=O) groups is 1. The van der Waals surface area contributed by atoms with E-state index in [2.05, 4.69) is 46.1 Å². The van der Waals surface area contributed by atoms with Gasteiger partial charge in [-0.15, -0.1) is 0 Å². The number of methoxy groups -OCH3 is 1. The molecule has 2 aliphatic heterocycles. The first kappa shape index (κ1) is 21.8. The highest BCUT2D eigenvalue weighted by Crippen LogP contribution is 2.23. The van der Waals surface area contributed by atoms with E-state index in [0.717, 1.165) is 65.1 Å². The quantitative estimate of drug-likeness (QED) is 0.716. The number of nitrogens with zero attached hydrogens (tertiary/aromatic N) is 4. The molecule has 0 radical (unpaired) electrons. The summed E-state index contributed by atoms with van der Waals surface area (Å²) in [5.41, 5.74) is 3.45. The summed E-state index contributed by atoms with van der Waals surface area (Å²) < 4.78 is 5.07. The number of piperazine rings is 1. The number of ether oxygens (including phenoxy) is 1. The van der Waals surface area contributed by atoms with Crippen molar-refractivity contribution in [3.8, 4) is 5.88 Å². The second-order valence-electron chi connectivity index (χ2n) is 8.92. The molecule has 6 heteroatoms. The van der Waals surface area contributed by atoms with Crippen LogP contribution >= 0.6 is 0 Å². The van der Waals surface area contributed by atoms with E-state index < -0.39 is 0 Å². The van der Waals surface area contributed by atoms with Crippen LogP contribution in [0.1, 0.15) is 34.3 Å². The van der Waals surface area contributed by atoms with Crippen LogP contribution in [0.3, 0.4) is 0 Å². The number of amides is 1. The fourth-order valence-corrected chi connectivity index (χ4v) is 4.53. The van der Waals surface area contributed by atoms with E-state index in [0.29, 0.717) is 17.4 Å². The molecule has 0 spiro atoms. The summed E-state index contributed by atoms with van der Waals surface area (Å²) >= 11 is 0. The number of rotatable bonds is 6. The maximum atomic E-state index is 12.7. The van der Waals surface area contributed by atoms with Crippen molar-refractivity contribution in [2.45, 2.75) is 25.8 Å². The third-order valence-corrected chi connectivity index (χ3v) is 6.64. The third-order valence-electron chi connectivity index (χ3n) is 6.64. The molecule has 2 aliphatic rings. The van der Waals surface area contributed by atoms with Gasteiger partial charge in [0.05, 0.1) is 12.7 Å². The van der Waals surface area contributed by atoms with Crippen molar-refractivity contribution in [3.63, 3.8) is 0 Å². The molecule has 2 fully saturated rings. The molecule has 6 nitrogen and oxygen atoms in total. The first-order valence-corrected chi connectivity index (χ1v) is 11.4. The van der Waals surface area contributed by atoms with Gasteiger partial charge in [-0.05, 0) is 49.4 Å². The molecule has 0 unspecified atom stereocenters. The predicted octanol–water partition coefficient (Wildman–Crippen LogP) is 2.93. The van der Waals surface area contributed by atoms with Crippen LogP contribution in [-0.4, -0.2) is 79.0 Å². The van der Waals surface area contributed by atoms with Gasteiger partial charge in [-0.25, -0.2) is 4.98 Å². The van der Waals surface area contributed by atoms with E-state index in [4.69, 9.17) is 4.74 Å². The summed E-state index contributed by atoms with van der Waals surface area (Å²) in [4.78, 5) is 23.8. The second kappa shape index (κ2) is 10.2. The van der Waals surface area contributed by atoms with Crippen LogP contribution in [-0.2, 0) is 13.0 Å². The standard InChI is InChI=1S/C25H34N4O2/c1-27-13-15-28(16-14-27)19-22-5-3-20(4-6-22)17-21-9-11-29(12-10-21)25(30)23-7-8-24(31-2)26-18-23/h3-8,18,21H,9-17,19H2,1-2H3. The lowest BCUT2D eigenvalue weighted by Gasteiger charge is -2.32. The van der Waals surface area contributed by atoms with Crippen molar-refractivity contribution in [1.82, 2.24) is 19.7 Å². The maximum Gasteiger partial charge on any atom is 0.255 e. The SMILES string of the molecule is COc1ccc(C(=O)N2CCC(Cc3ccc(CN4CCN(C)CC4)cc3)CC2)cn1. The molecule has 166 valence electrons. The summed E-state index contributed by atoms with van der Waals surface area (Å²) in [5, 5.41) is 0. The van der Waals surface area contributed by atoms with Crippen LogP contribution in [0.2, 0.25) is 0 Å². The average molecular weight is 423 g/mol. The Hall–Kier alpha value is -2.44. The molecule has 0 saturated carbocycles. The van der Waals surface area contributed by atoms with Gasteiger partial charge >= 0.3 is 0 Å². The van der Waals surface area contributed by atoms with E-state index >= 15 is 0 Å². The lowest BCUT2D eigenvalue weighted by atomic mass is 9.89. The number of hydrogen-bond acceptors (Lipinski definition) is 5. The monoisotopic (exact) mass is 422 g/mol. The van der Waals surface area contributed by atoms with Crippen molar-refractivity contribution in [3.05, 3.63) is 59.3 Å². The van der Waals surface area contributed by atoms with Gasteiger partial charge in [0.2, 0.25) is 5.88 Å². The molecule has 3 heterocycles. The molecular weight excluding hydrogens is 388 g/mol. The van der Waals surface area contributed by atoms with Crippen LogP contribution in [0, 0.1) is 5.92 Å². The van der Waals surface area contributed by atoms with Crippen molar-refractivity contribution in [2.24, 2.45) is 5.92 Å². The van der Waals surface area contributed by atoms with E-state index in [1.165, 1.54) is 11.1 Å². The van der Waals surface area contributed by atoms with Gasteiger partial charge in [0.25, 0.3) is 5.91 Å². The van der Waals surface area contributed by atoms with Crippen LogP contribution < -0.4 is 4.74 Å². The van der Waals surface area contributed by atoms with Gasteiger partial charge in [0, 0.05) is 58.1 Å². The largest absolute Gasteiger partial charge is 0.481 e. The van der Waals surface area contributed by atoms with Gasteiger partial charge < -0.3 is 14.5 Å². The van der Waals surface area contributed by atoms with Crippen molar-refractivity contribution in [2.75, 3.05) is 53.4 Å². The fourth-order valence-electron chi connectivity index (χ4n) is 4.53. The third kappa shape index (κ3) is 5.83. The molecule has 1 aromatic heterocycles. The minimum atomic E-state index is 0.0712. The number of benzene rings is 1. The molecule has 0 N–H and O–H groups in total. The highest BCUT2D eigenvalue weighted by atomic mass is 16.5. The average Bonchev–Trinajstić information content (AvgIpc) is 2.82. The molecule has 31 heavy (non-hydrogen) atoms. The number of aromatic nitrogens is 1. The summed E-state index contributed by atoms with van der Waals surface area (Å²) in [6, 6.07) is 12.7. The maximum absolute atomic E-state index is 12.7. The molecule has 0 aliphatic carbocycles. The van der Waals surface area contributed by atoms with Crippen molar-refractivity contribution < 1.29 is 9.53 Å². The Morgan fingerprint density at radius 3 is 2.26 bits per heavy atom. The molecule has 4 rings (SSSR count). The number of pyridine rings is 1. The highest BCUT2D eigenvalue weighted by Gasteiger charge is 2.24. The van der Waals surface area contributed by atoms with Gasteiger partial charge in [-0.3, -0.25) is 9.69 Å². The fraction of sp³-hybridized carbons (Fsp3) is 0.520. The normalized spacial score (nSPS) is 18.8. The van der Waals surface area contributed by atoms with Crippen LogP contribution in [0.5, 0.6) is 5.88 Å². The Morgan fingerprint density at radius 1 is 0.968 bits per heavy atom. The molecule has 1 amide bonds. The molecule has 0 atom stereocenters. The zero-order valence-corrected chi connectivity index (χ0v) is 18.8. The lowest BCUT2D eigenvalue weighted by molar-refractivity contribution is 0.0690. The van der Waals surface area contributed by atoms with Gasteiger partial charge in [-0.2, -0.15) is 0 Å². The molecule has 2 aromatic rings. The Balaban J connectivity index is 1.23. The predicted molar refractivity (Wildman–Crippen MR) is 122 cm³/mol. The summed E-state index contributed by atoms with van der Waals surface area (Å²) in [7, 11) is 3.78. The van der Waals surface area contributed by atoms with Crippen LogP contribution in [0.25, 0.3) is 0 Å². The molecule has 1 aromatic carbocycles. The smallest absolute Gasteiger partial charge is 0.255 e. The Bertz CT molecular complexity index is 837. The van der Waals surface area contributed by atoms with Gasteiger partial charge in [0.1, 0.15) is 0 Å². The number of piperidine rings is 1. The van der Waals surface area contributed by atoms with E-state index in [-0.39, 0.29) is 5.91 Å².